The van der Waals surface area contributed by atoms with Gasteiger partial charge < -0.3 is 4.98 Å². The Bertz CT molecular complexity index is 532. The van der Waals surface area contributed by atoms with E-state index < -0.39 is 4.84 Å². The molecule has 0 amide bonds. The lowest BCUT2D eigenvalue weighted by atomic mass is 10.3. The van der Waals surface area contributed by atoms with Crippen LogP contribution < -0.4 is 5.56 Å². The molecule has 0 saturated carbocycles. The SMILES string of the molecule is Cc1csc2nc(C(Cl)Cl)[nH]c(=O)c12. The zero-order valence-electron chi connectivity index (χ0n) is 7.17. The molecule has 0 aliphatic carbocycles. The zero-order valence-corrected chi connectivity index (χ0v) is 9.50. The molecule has 2 rings (SSSR count). The molecule has 6 heteroatoms. The van der Waals surface area contributed by atoms with Crippen molar-refractivity contribution in [3.8, 4) is 0 Å². The van der Waals surface area contributed by atoms with Crippen LogP contribution in [0.5, 0.6) is 0 Å². The topological polar surface area (TPSA) is 45.8 Å². The first-order valence-electron chi connectivity index (χ1n) is 3.85. The maximum Gasteiger partial charge on any atom is 0.259 e. The Morgan fingerprint density at radius 3 is 2.93 bits per heavy atom. The molecule has 74 valence electrons. The minimum atomic E-state index is -0.797. The number of aryl methyl sites for hydroxylation is 1. The van der Waals surface area contributed by atoms with Crippen molar-refractivity contribution >= 4 is 44.8 Å². The van der Waals surface area contributed by atoms with E-state index in [2.05, 4.69) is 9.97 Å². The Balaban J connectivity index is 2.81. The number of thiophene rings is 1. The molecule has 0 fully saturated rings. The summed E-state index contributed by atoms with van der Waals surface area (Å²) >= 11 is 12.7. The van der Waals surface area contributed by atoms with Crippen LogP contribution in [0.15, 0.2) is 10.2 Å². The quantitative estimate of drug-likeness (QED) is 0.790. The molecule has 2 heterocycles. The molecule has 0 spiro atoms. The monoisotopic (exact) mass is 248 g/mol. The first-order valence-corrected chi connectivity index (χ1v) is 5.61. The van der Waals surface area contributed by atoms with Gasteiger partial charge in [-0.25, -0.2) is 4.98 Å². The van der Waals surface area contributed by atoms with Gasteiger partial charge in [0.25, 0.3) is 5.56 Å². The summed E-state index contributed by atoms with van der Waals surface area (Å²) in [5.74, 6) is 0.299. The number of H-pyrrole nitrogens is 1. The third-order valence-electron chi connectivity index (χ3n) is 1.85. The van der Waals surface area contributed by atoms with Crippen molar-refractivity contribution in [3.63, 3.8) is 0 Å². The van der Waals surface area contributed by atoms with Crippen molar-refractivity contribution < 1.29 is 0 Å². The maximum absolute atomic E-state index is 11.6. The third-order valence-corrected chi connectivity index (χ3v) is 3.26. The number of alkyl halides is 2. The lowest BCUT2D eigenvalue weighted by molar-refractivity contribution is 1.02. The molecular formula is C8H6Cl2N2OS. The molecular weight excluding hydrogens is 243 g/mol. The highest BCUT2D eigenvalue weighted by Crippen LogP contribution is 2.24. The molecule has 0 radical (unpaired) electrons. The average molecular weight is 249 g/mol. The predicted octanol–water partition coefficient (Wildman–Crippen LogP) is 2.77. The fourth-order valence-electron chi connectivity index (χ4n) is 1.21. The largest absolute Gasteiger partial charge is 0.308 e. The third kappa shape index (κ3) is 1.54. The van der Waals surface area contributed by atoms with Gasteiger partial charge in [0.05, 0.1) is 5.39 Å². The van der Waals surface area contributed by atoms with Gasteiger partial charge >= 0.3 is 0 Å². The van der Waals surface area contributed by atoms with E-state index in [9.17, 15) is 4.79 Å². The molecule has 2 aromatic heterocycles. The Labute approximate surface area is 93.7 Å². The molecule has 0 aromatic carbocycles. The number of fused-ring (bicyclic) bond motifs is 1. The van der Waals surface area contributed by atoms with Gasteiger partial charge in [-0.1, -0.05) is 23.2 Å². The molecule has 3 nitrogen and oxygen atoms in total. The van der Waals surface area contributed by atoms with E-state index in [1.807, 2.05) is 12.3 Å². The van der Waals surface area contributed by atoms with E-state index in [1.54, 1.807) is 0 Å². The van der Waals surface area contributed by atoms with Gasteiger partial charge in [-0.05, 0) is 17.9 Å². The molecule has 0 aliphatic heterocycles. The lowest BCUT2D eigenvalue weighted by Crippen LogP contribution is -2.11. The van der Waals surface area contributed by atoms with Crippen LogP contribution in [0.2, 0.25) is 0 Å². The standard InChI is InChI=1S/C8H6Cl2N2OS/c1-3-2-14-8-4(3)7(13)11-6(12-8)5(9)10/h2,5H,1H3,(H,11,12,13). The highest BCUT2D eigenvalue weighted by atomic mass is 35.5. The van der Waals surface area contributed by atoms with Crippen molar-refractivity contribution in [2.24, 2.45) is 0 Å². The molecule has 0 bridgehead atoms. The number of halogens is 2. The molecule has 0 aliphatic rings. The molecule has 14 heavy (non-hydrogen) atoms. The number of aromatic amines is 1. The first-order chi connectivity index (χ1) is 6.59. The van der Waals surface area contributed by atoms with E-state index in [0.717, 1.165) is 5.56 Å². The average Bonchev–Trinajstić information content (AvgIpc) is 2.48. The van der Waals surface area contributed by atoms with Crippen LogP contribution >= 0.6 is 34.5 Å². The minimum absolute atomic E-state index is 0.185. The van der Waals surface area contributed by atoms with E-state index >= 15 is 0 Å². The van der Waals surface area contributed by atoms with Crippen molar-refractivity contribution in [2.45, 2.75) is 11.8 Å². The van der Waals surface area contributed by atoms with Crippen LogP contribution in [-0.4, -0.2) is 9.97 Å². The fourth-order valence-corrected chi connectivity index (χ4v) is 2.34. The van der Waals surface area contributed by atoms with Crippen LogP contribution in [0.4, 0.5) is 0 Å². The molecule has 0 atom stereocenters. The van der Waals surface area contributed by atoms with Crippen LogP contribution in [0.1, 0.15) is 16.2 Å². The maximum atomic E-state index is 11.6. The Morgan fingerprint density at radius 2 is 2.29 bits per heavy atom. The highest BCUT2D eigenvalue weighted by Gasteiger charge is 2.12. The summed E-state index contributed by atoms with van der Waals surface area (Å²) in [5, 5.41) is 2.50. The predicted molar refractivity (Wildman–Crippen MR) is 59.4 cm³/mol. The van der Waals surface area contributed by atoms with E-state index in [-0.39, 0.29) is 5.56 Å². The van der Waals surface area contributed by atoms with Crippen LogP contribution in [0.3, 0.4) is 0 Å². The molecule has 0 unspecified atom stereocenters. The Kier molecular flexibility index (Phi) is 2.51. The highest BCUT2D eigenvalue weighted by molar-refractivity contribution is 7.16. The van der Waals surface area contributed by atoms with E-state index in [0.29, 0.717) is 16.0 Å². The van der Waals surface area contributed by atoms with Crippen LogP contribution in [-0.2, 0) is 0 Å². The molecule has 2 aromatic rings. The van der Waals surface area contributed by atoms with Gasteiger partial charge in [-0.15, -0.1) is 11.3 Å². The lowest BCUT2D eigenvalue weighted by Gasteiger charge is -1.99. The minimum Gasteiger partial charge on any atom is -0.308 e. The number of rotatable bonds is 1. The number of hydrogen-bond donors (Lipinski definition) is 1. The zero-order chi connectivity index (χ0) is 10.3. The summed E-state index contributed by atoms with van der Waals surface area (Å²) in [4.78, 5) is 18.2. The van der Waals surface area contributed by atoms with Gasteiger partial charge in [-0.3, -0.25) is 4.79 Å². The second kappa shape index (κ2) is 3.53. The normalized spacial score (nSPS) is 11.4. The number of nitrogens with one attached hydrogen (secondary N) is 1. The summed E-state index contributed by atoms with van der Waals surface area (Å²) in [6, 6.07) is 0. The Hall–Kier alpha value is -0.580. The Morgan fingerprint density at radius 1 is 1.57 bits per heavy atom. The van der Waals surface area contributed by atoms with Gasteiger partial charge in [-0.2, -0.15) is 0 Å². The van der Waals surface area contributed by atoms with Crippen molar-refractivity contribution in [1.82, 2.24) is 9.97 Å². The summed E-state index contributed by atoms with van der Waals surface area (Å²) in [6.07, 6.45) is 0. The fraction of sp³-hybridized carbons (Fsp3) is 0.250. The van der Waals surface area contributed by atoms with E-state index in [4.69, 9.17) is 23.2 Å². The van der Waals surface area contributed by atoms with Gasteiger partial charge in [0, 0.05) is 0 Å². The number of hydrogen-bond acceptors (Lipinski definition) is 3. The van der Waals surface area contributed by atoms with Crippen molar-refractivity contribution in [2.75, 3.05) is 0 Å². The second-order valence-corrected chi connectivity index (χ2v) is 4.81. The van der Waals surface area contributed by atoms with Gasteiger partial charge in [0.15, 0.2) is 4.84 Å². The second-order valence-electron chi connectivity index (χ2n) is 2.85. The van der Waals surface area contributed by atoms with Gasteiger partial charge in [0.1, 0.15) is 10.7 Å². The van der Waals surface area contributed by atoms with E-state index in [1.165, 1.54) is 11.3 Å². The number of nitrogens with zero attached hydrogens (tertiary/aromatic N) is 1. The van der Waals surface area contributed by atoms with Gasteiger partial charge in [0.2, 0.25) is 0 Å². The van der Waals surface area contributed by atoms with Crippen LogP contribution in [0.25, 0.3) is 10.2 Å². The summed E-state index contributed by atoms with van der Waals surface area (Å²) < 4.78 is 0. The van der Waals surface area contributed by atoms with Crippen LogP contribution in [0, 0.1) is 6.92 Å². The number of aromatic nitrogens is 2. The molecule has 0 saturated heterocycles. The van der Waals surface area contributed by atoms with Crippen molar-refractivity contribution in [3.05, 3.63) is 27.1 Å². The summed E-state index contributed by atoms with van der Waals surface area (Å²) in [6.45, 7) is 1.87. The summed E-state index contributed by atoms with van der Waals surface area (Å²) in [7, 11) is 0. The first kappa shape index (κ1) is 9.96. The molecule has 1 N–H and O–H groups in total. The smallest absolute Gasteiger partial charge is 0.259 e. The van der Waals surface area contributed by atoms with Crippen molar-refractivity contribution in [1.29, 1.82) is 0 Å². The summed E-state index contributed by atoms with van der Waals surface area (Å²) in [5.41, 5.74) is 0.737.